The fourth-order valence-corrected chi connectivity index (χ4v) is 4.96. The zero-order valence-corrected chi connectivity index (χ0v) is 18.9. The molecule has 3 atom stereocenters. The number of nitrogens with zero attached hydrogens (tertiary/aromatic N) is 1. The maximum Gasteiger partial charge on any atom is 0.324 e. The van der Waals surface area contributed by atoms with Crippen LogP contribution in [0.5, 0.6) is 0 Å². The molecule has 3 heterocycles. The number of hydrogen-bond acceptors (Lipinski definition) is 8. The van der Waals surface area contributed by atoms with Crippen molar-refractivity contribution in [2.24, 2.45) is 5.41 Å². The number of ether oxygens (including phenoxy) is 3. The molecule has 1 aromatic carbocycles. The van der Waals surface area contributed by atoms with Gasteiger partial charge in [-0.3, -0.25) is 9.59 Å². The SMILES string of the molecule is CCCCOC[C@H]1C[C@]2(C[C@](C)(c3csc(Nc4ccc(C)cc4)n3)OC2=O)C(=O)O1. The third-order valence-corrected chi connectivity index (χ3v) is 6.64. The molecule has 31 heavy (non-hydrogen) atoms. The molecule has 0 saturated carbocycles. The van der Waals surface area contributed by atoms with Gasteiger partial charge in [0.2, 0.25) is 0 Å². The summed E-state index contributed by atoms with van der Waals surface area (Å²) in [5.41, 5.74) is 0.493. The van der Waals surface area contributed by atoms with Crippen LogP contribution in [-0.4, -0.2) is 36.2 Å². The molecule has 0 aliphatic carbocycles. The Morgan fingerprint density at radius 1 is 1.26 bits per heavy atom. The lowest BCUT2D eigenvalue weighted by Gasteiger charge is -2.20. The number of carbonyl (C=O) groups excluding carboxylic acids is 2. The highest BCUT2D eigenvalue weighted by Crippen LogP contribution is 2.52. The number of nitrogens with one attached hydrogen (secondary N) is 1. The Bertz CT molecular complexity index is 959. The van der Waals surface area contributed by atoms with E-state index in [0.717, 1.165) is 18.5 Å². The van der Waals surface area contributed by atoms with E-state index in [1.165, 1.54) is 16.9 Å². The molecular formula is C23H28N2O5S. The predicted octanol–water partition coefficient (Wildman–Crippen LogP) is 4.48. The fourth-order valence-electron chi connectivity index (χ4n) is 4.11. The maximum atomic E-state index is 12.8. The van der Waals surface area contributed by atoms with E-state index in [0.29, 0.717) is 24.0 Å². The average Bonchev–Trinajstić information content (AvgIpc) is 3.39. The minimum atomic E-state index is -1.28. The first kappa shape index (κ1) is 21.8. The number of esters is 2. The minimum Gasteiger partial charge on any atom is -0.459 e. The van der Waals surface area contributed by atoms with Crippen LogP contribution in [0.3, 0.4) is 0 Å². The van der Waals surface area contributed by atoms with Gasteiger partial charge in [0.05, 0.1) is 12.3 Å². The van der Waals surface area contributed by atoms with E-state index >= 15 is 0 Å². The molecule has 2 aliphatic heterocycles. The number of carbonyl (C=O) groups is 2. The first-order valence-electron chi connectivity index (χ1n) is 10.7. The van der Waals surface area contributed by atoms with Crippen LogP contribution in [0, 0.1) is 12.3 Å². The quantitative estimate of drug-likeness (QED) is 0.365. The average molecular weight is 445 g/mol. The number of anilines is 2. The molecule has 1 spiro atoms. The zero-order chi connectivity index (χ0) is 22.1. The standard InChI is InChI=1S/C23H28N2O5S/c1-4-5-10-28-12-17-11-23(19(26)29-17)14-22(3,30-20(23)27)18-13-31-21(25-18)24-16-8-6-15(2)7-9-16/h6-9,13,17H,4-5,10-12,14H2,1-3H3,(H,24,25)/t17-,22-,23+/m1/s1. The van der Waals surface area contributed by atoms with Crippen LogP contribution in [0.4, 0.5) is 10.8 Å². The summed E-state index contributed by atoms with van der Waals surface area (Å²) in [5, 5.41) is 5.84. The monoisotopic (exact) mass is 444 g/mol. The van der Waals surface area contributed by atoms with Crippen LogP contribution in [0.1, 0.15) is 50.8 Å². The molecule has 166 valence electrons. The maximum absolute atomic E-state index is 12.8. The van der Waals surface area contributed by atoms with Gasteiger partial charge in [-0.25, -0.2) is 4.98 Å². The van der Waals surface area contributed by atoms with Gasteiger partial charge in [0, 0.05) is 30.5 Å². The molecule has 4 rings (SSSR count). The topological polar surface area (TPSA) is 86.8 Å². The molecule has 2 aliphatic rings. The lowest BCUT2D eigenvalue weighted by molar-refractivity contribution is -0.160. The Morgan fingerprint density at radius 3 is 2.77 bits per heavy atom. The van der Waals surface area contributed by atoms with Gasteiger partial charge in [-0.15, -0.1) is 11.3 Å². The van der Waals surface area contributed by atoms with Crippen LogP contribution in [0.25, 0.3) is 0 Å². The molecule has 0 unspecified atom stereocenters. The van der Waals surface area contributed by atoms with Crippen molar-refractivity contribution in [1.29, 1.82) is 0 Å². The van der Waals surface area contributed by atoms with Crippen molar-refractivity contribution in [2.45, 2.75) is 58.2 Å². The second kappa shape index (κ2) is 8.59. The number of thiazole rings is 1. The molecule has 2 fully saturated rings. The lowest BCUT2D eigenvalue weighted by Crippen LogP contribution is -2.32. The molecule has 1 N–H and O–H groups in total. The summed E-state index contributed by atoms with van der Waals surface area (Å²) in [7, 11) is 0. The van der Waals surface area contributed by atoms with Crippen LogP contribution in [-0.2, 0) is 29.4 Å². The van der Waals surface area contributed by atoms with Crippen LogP contribution < -0.4 is 5.32 Å². The number of rotatable bonds is 8. The van der Waals surface area contributed by atoms with E-state index in [2.05, 4.69) is 17.2 Å². The van der Waals surface area contributed by atoms with Crippen molar-refractivity contribution >= 4 is 34.1 Å². The van der Waals surface area contributed by atoms with Crippen molar-refractivity contribution in [1.82, 2.24) is 4.98 Å². The van der Waals surface area contributed by atoms with Crippen LogP contribution in [0.15, 0.2) is 29.6 Å². The zero-order valence-electron chi connectivity index (χ0n) is 18.1. The van der Waals surface area contributed by atoms with Gasteiger partial charge in [-0.2, -0.15) is 0 Å². The largest absolute Gasteiger partial charge is 0.459 e. The number of cyclic esters (lactones) is 2. The summed E-state index contributed by atoms with van der Waals surface area (Å²) < 4.78 is 16.8. The van der Waals surface area contributed by atoms with Crippen molar-refractivity contribution in [3.63, 3.8) is 0 Å². The van der Waals surface area contributed by atoms with E-state index in [4.69, 9.17) is 14.2 Å². The molecule has 7 nitrogen and oxygen atoms in total. The normalized spacial score (nSPS) is 27.5. The van der Waals surface area contributed by atoms with E-state index < -0.39 is 29.1 Å². The van der Waals surface area contributed by atoms with Gasteiger partial charge >= 0.3 is 11.9 Å². The fraction of sp³-hybridized carbons (Fsp3) is 0.522. The summed E-state index contributed by atoms with van der Waals surface area (Å²) in [5.74, 6) is -1.05. The van der Waals surface area contributed by atoms with Crippen molar-refractivity contribution in [3.05, 3.63) is 40.9 Å². The molecule has 0 amide bonds. The van der Waals surface area contributed by atoms with Crippen LogP contribution >= 0.6 is 11.3 Å². The molecule has 2 aromatic rings. The van der Waals surface area contributed by atoms with Gasteiger partial charge in [0.25, 0.3) is 0 Å². The van der Waals surface area contributed by atoms with Gasteiger partial charge in [0.15, 0.2) is 16.1 Å². The number of aryl methyl sites for hydroxylation is 1. The van der Waals surface area contributed by atoms with Crippen molar-refractivity contribution in [3.8, 4) is 0 Å². The van der Waals surface area contributed by atoms with E-state index in [1.807, 2.05) is 43.5 Å². The molecule has 0 radical (unpaired) electrons. The highest BCUT2D eigenvalue weighted by molar-refractivity contribution is 7.13. The molecule has 8 heteroatoms. The summed E-state index contributed by atoms with van der Waals surface area (Å²) in [6.45, 7) is 6.85. The third-order valence-electron chi connectivity index (χ3n) is 5.88. The predicted molar refractivity (Wildman–Crippen MR) is 117 cm³/mol. The van der Waals surface area contributed by atoms with Gasteiger partial charge < -0.3 is 19.5 Å². The summed E-state index contributed by atoms with van der Waals surface area (Å²) in [6, 6.07) is 8.02. The number of hydrogen-bond donors (Lipinski definition) is 1. The second-order valence-corrected chi connectivity index (χ2v) is 9.43. The number of unbranched alkanes of at least 4 members (excludes halogenated alkanes) is 1. The first-order valence-corrected chi connectivity index (χ1v) is 11.5. The Hall–Kier alpha value is -2.45. The smallest absolute Gasteiger partial charge is 0.324 e. The molecule has 1 aromatic heterocycles. The Morgan fingerprint density at radius 2 is 2.03 bits per heavy atom. The Labute approximate surface area is 186 Å². The highest BCUT2D eigenvalue weighted by atomic mass is 32.1. The highest BCUT2D eigenvalue weighted by Gasteiger charge is 2.65. The Balaban J connectivity index is 1.45. The van der Waals surface area contributed by atoms with Gasteiger partial charge in [0.1, 0.15) is 6.10 Å². The molecule has 2 saturated heterocycles. The first-order chi connectivity index (χ1) is 14.8. The van der Waals surface area contributed by atoms with Crippen molar-refractivity contribution < 1.29 is 23.8 Å². The van der Waals surface area contributed by atoms with E-state index in [9.17, 15) is 9.59 Å². The Kier molecular flexibility index (Phi) is 6.03. The van der Waals surface area contributed by atoms with Crippen LogP contribution in [0.2, 0.25) is 0 Å². The third kappa shape index (κ3) is 4.32. The minimum absolute atomic E-state index is 0.219. The number of aromatic nitrogens is 1. The summed E-state index contributed by atoms with van der Waals surface area (Å²) in [4.78, 5) is 30.2. The summed E-state index contributed by atoms with van der Waals surface area (Å²) >= 11 is 1.43. The number of benzene rings is 1. The van der Waals surface area contributed by atoms with Gasteiger partial charge in [-0.1, -0.05) is 31.0 Å². The van der Waals surface area contributed by atoms with E-state index in [1.54, 1.807) is 0 Å². The second-order valence-electron chi connectivity index (χ2n) is 8.57. The van der Waals surface area contributed by atoms with Gasteiger partial charge in [-0.05, 0) is 32.4 Å². The van der Waals surface area contributed by atoms with Crippen molar-refractivity contribution in [2.75, 3.05) is 18.5 Å². The molecular weight excluding hydrogens is 416 g/mol. The van der Waals surface area contributed by atoms with E-state index in [-0.39, 0.29) is 12.8 Å². The lowest BCUT2D eigenvalue weighted by atomic mass is 9.78. The summed E-state index contributed by atoms with van der Waals surface area (Å²) in [6.07, 6.45) is 2.07. The molecule has 0 bridgehead atoms.